The van der Waals surface area contributed by atoms with Gasteiger partial charge in [0.25, 0.3) is 5.91 Å². The van der Waals surface area contributed by atoms with Crippen molar-refractivity contribution in [3.05, 3.63) is 70.7 Å². The highest BCUT2D eigenvalue weighted by atomic mass is 32.1. The highest BCUT2D eigenvalue weighted by Gasteiger charge is 2.36. The molecule has 3 heterocycles. The number of ether oxygens (including phenoxy) is 1. The Balaban J connectivity index is 1.17. The molecule has 7 nitrogen and oxygen atoms in total. The van der Waals surface area contributed by atoms with Gasteiger partial charge in [-0.3, -0.25) is 14.5 Å². The van der Waals surface area contributed by atoms with Gasteiger partial charge in [0, 0.05) is 61.9 Å². The minimum Gasteiger partial charge on any atom is -0.457 e. The van der Waals surface area contributed by atoms with Crippen LogP contribution in [0.4, 0.5) is 5.69 Å². The van der Waals surface area contributed by atoms with Crippen molar-refractivity contribution in [2.45, 2.75) is 19.4 Å². The number of anilines is 1. The summed E-state index contributed by atoms with van der Waals surface area (Å²) in [4.78, 5) is 35.8. The fourth-order valence-corrected chi connectivity index (χ4v) is 5.14. The van der Waals surface area contributed by atoms with Crippen LogP contribution in [0.5, 0.6) is 11.5 Å². The summed E-state index contributed by atoms with van der Waals surface area (Å²) in [5.74, 6) is 1.66. The molecule has 8 heteroatoms. The predicted octanol–water partition coefficient (Wildman–Crippen LogP) is 3.81. The van der Waals surface area contributed by atoms with E-state index < -0.39 is 0 Å². The average Bonchev–Trinajstić information content (AvgIpc) is 3.46. The molecule has 2 saturated heterocycles. The van der Waals surface area contributed by atoms with E-state index in [0.29, 0.717) is 31.1 Å². The maximum absolute atomic E-state index is 12.8. The summed E-state index contributed by atoms with van der Waals surface area (Å²) in [6.45, 7) is 5.42. The topological polar surface area (TPSA) is 66.0 Å². The quantitative estimate of drug-likeness (QED) is 0.577. The van der Waals surface area contributed by atoms with Gasteiger partial charge in [-0.15, -0.1) is 11.3 Å². The molecule has 2 aliphatic heterocycles. The Morgan fingerprint density at radius 2 is 1.70 bits per heavy atom. The standard InChI is InChI=1S/C25H26N4O3S/c1-18-17-33-24(26-18)25(31)28-13-11-27(12-14-28)20-15-23(30)29(16-20)19-7-9-22(10-8-19)32-21-5-3-2-4-6-21/h2-10,17,20H,11-16H2,1H3. The largest absolute Gasteiger partial charge is 0.457 e. The fourth-order valence-electron chi connectivity index (χ4n) is 4.38. The Hall–Kier alpha value is -3.23. The van der Waals surface area contributed by atoms with Crippen molar-refractivity contribution in [2.24, 2.45) is 0 Å². The molecule has 1 atom stereocenters. The number of hydrogen-bond acceptors (Lipinski definition) is 6. The van der Waals surface area contributed by atoms with Gasteiger partial charge in [0.1, 0.15) is 11.5 Å². The van der Waals surface area contributed by atoms with Crippen LogP contribution < -0.4 is 9.64 Å². The van der Waals surface area contributed by atoms with E-state index in [9.17, 15) is 9.59 Å². The van der Waals surface area contributed by atoms with Gasteiger partial charge < -0.3 is 14.5 Å². The van der Waals surface area contributed by atoms with Crippen LogP contribution in [0.15, 0.2) is 60.0 Å². The number of hydrogen-bond donors (Lipinski definition) is 0. The molecule has 0 saturated carbocycles. The Kier molecular flexibility index (Phi) is 6.11. The lowest BCUT2D eigenvalue weighted by molar-refractivity contribution is -0.117. The summed E-state index contributed by atoms with van der Waals surface area (Å²) < 4.78 is 5.85. The molecule has 1 unspecified atom stereocenters. The molecule has 1 aromatic heterocycles. The third kappa shape index (κ3) is 4.77. The van der Waals surface area contributed by atoms with Gasteiger partial charge in [0.05, 0.1) is 0 Å². The molecule has 0 aliphatic carbocycles. The lowest BCUT2D eigenvalue weighted by Crippen LogP contribution is -2.52. The number of aryl methyl sites for hydroxylation is 1. The molecule has 170 valence electrons. The van der Waals surface area contributed by atoms with Gasteiger partial charge in [-0.2, -0.15) is 0 Å². The first kappa shape index (κ1) is 21.6. The van der Waals surface area contributed by atoms with Crippen LogP contribution in [-0.4, -0.2) is 65.4 Å². The molecule has 2 amide bonds. The Morgan fingerprint density at radius 3 is 2.36 bits per heavy atom. The summed E-state index contributed by atoms with van der Waals surface area (Å²) in [5.41, 5.74) is 1.77. The SMILES string of the molecule is Cc1csc(C(=O)N2CCN(C3CC(=O)N(c4ccc(Oc5ccccc5)cc4)C3)CC2)n1. The Bertz CT molecular complexity index is 1120. The van der Waals surface area contributed by atoms with Crippen LogP contribution in [0.3, 0.4) is 0 Å². The number of thiazole rings is 1. The monoisotopic (exact) mass is 462 g/mol. The van der Waals surface area contributed by atoms with Crippen LogP contribution in [0, 0.1) is 6.92 Å². The van der Waals surface area contributed by atoms with E-state index in [1.165, 1.54) is 11.3 Å². The number of nitrogens with zero attached hydrogens (tertiary/aromatic N) is 4. The van der Waals surface area contributed by atoms with Crippen LogP contribution in [0.1, 0.15) is 21.9 Å². The van der Waals surface area contributed by atoms with Crippen molar-refractivity contribution >= 4 is 28.8 Å². The number of piperazine rings is 1. The van der Waals surface area contributed by atoms with E-state index in [-0.39, 0.29) is 17.9 Å². The summed E-state index contributed by atoms with van der Waals surface area (Å²) in [6, 6.07) is 17.5. The van der Waals surface area contributed by atoms with Crippen molar-refractivity contribution in [2.75, 3.05) is 37.6 Å². The number of amides is 2. The minimum absolute atomic E-state index is 0.00897. The van der Waals surface area contributed by atoms with Crippen LogP contribution in [0.25, 0.3) is 0 Å². The third-order valence-electron chi connectivity index (χ3n) is 6.15. The van der Waals surface area contributed by atoms with Gasteiger partial charge in [-0.1, -0.05) is 18.2 Å². The molecule has 0 N–H and O–H groups in total. The summed E-state index contributed by atoms with van der Waals surface area (Å²) in [6.07, 6.45) is 0.502. The maximum Gasteiger partial charge on any atom is 0.282 e. The van der Waals surface area contributed by atoms with Gasteiger partial charge >= 0.3 is 0 Å². The van der Waals surface area contributed by atoms with E-state index in [4.69, 9.17) is 4.74 Å². The molecule has 0 spiro atoms. The van der Waals surface area contributed by atoms with Crippen molar-refractivity contribution in [1.82, 2.24) is 14.8 Å². The first-order valence-electron chi connectivity index (χ1n) is 11.2. The second kappa shape index (κ2) is 9.33. The van der Waals surface area contributed by atoms with Crippen molar-refractivity contribution in [3.63, 3.8) is 0 Å². The van der Waals surface area contributed by atoms with Crippen LogP contribution >= 0.6 is 11.3 Å². The van der Waals surface area contributed by atoms with Gasteiger partial charge in [0.15, 0.2) is 5.01 Å². The molecule has 5 rings (SSSR count). The van der Waals surface area contributed by atoms with Crippen molar-refractivity contribution in [1.29, 1.82) is 0 Å². The number of benzene rings is 2. The molecule has 33 heavy (non-hydrogen) atoms. The highest BCUT2D eigenvalue weighted by molar-refractivity contribution is 7.11. The van der Waals surface area contributed by atoms with E-state index in [1.54, 1.807) is 0 Å². The summed E-state index contributed by atoms with van der Waals surface area (Å²) >= 11 is 1.40. The molecule has 0 bridgehead atoms. The number of aromatic nitrogens is 1. The first-order valence-corrected chi connectivity index (χ1v) is 12.0. The number of para-hydroxylation sites is 1. The average molecular weight is 463 g/mol. The molecule has 0 radical (unpaired) electrons. The normalized spacial score (nSPS) is 19.2. The van der Waals surface area contributed by atoms with E-state index in [1.807, 2.05) is 76.7 Å². The van der Waals surface area contributed by atoms with Gasteiger partial charge in [-0.25, -0.2) is 4.98 Å². The first-order chi connectivity index (χ1) is 16.1. The zero-order valence-corrected chi connectivity index (χ0v) is 19.3. The minimum atomic E-state index is 0.00897. The Morgan fingerprint density at radius 1 is 1.00 bits per heavy atom. The Labute approximate surface area is 197 Å². The van der Waals surface area contributed by atoms with Gasteiger partial charge in [-0.05, 0) is 43.3 Å². The molecular formula is C25H26N4O3S. The number of carbonyl (C=O) groups excluding carboxylic acids is 2. The van der Waals surface area contributed by atoms with Crippen LogP contribution in [-0.2, 0) is 4.79 Å². The summed E-state index contributed by atoms with van der Waals surface area (Å²) in [5, 5.41) is 2.46. The second-order valence-electron chi connectivity index (χ2n) is 8.39. The number of carbonyl (C=O) groups is 2. The smallest absolute Gasteiger partial charge is 0.282 e. The third-order valence-corrected chi connectivity index (χ3v) is 7.10. The van der Waals surface area contributed by atoms with Crippen LogP contribution in [0.2, 0.25) is 0 Å². The predicted molar refractivity (Wildman–Crippen MR) is 128 cm³/mol. The molecular weight excluding hydrogens is 436 g/mol. The lowest BCUT2D eigenvalue weighted by atomic mass is 10.2. The van der Waals surface area contributed by atoms with Crippen molar-refractivity contribution < 1.29 is 14.3 Å². The molecule has 2 aliphatic rings. The zero-order chi connectivity index (χ0) is 22.8. The fraction of sp³-hybridized carbons (Fsp3) is 0.320. The number of rotatable bonds is 5. The highest BCUT2D eigenvalue weighted by Crippen LogP contribution is 2.28. The molecule has 2 aromatic carbocycles. The van der Waals surface area contributed by atoms with E-state index in [2.05, 4.69) is 9.88 Å². The van der Waals surface area contributed by atoms with Gasteiger partial charge in [0.2, 0.25) is 5.91 Å². The van der Waals surface area contributed by atoms with E-state index in [0.717, 1.165) is 36.0 Å². The van der Waals surface area contributed by atoms with E-state index >= 15 is 0 Å². The summed E-state index contributed by atoms with van der Waals surface area (Å²) in [7, 11) is 0. The van der Waals surface area contributed by atoms with Crippen molar-refractivity contribution in [3.8, 4) is 11.5 Å². The molecule has 3 aromatic rings. The maximum atomic E-state index is 12.8. The molecule has 2 fully saturated rings. The second-order valence-corrected chi connectivity index (χ2v) is 9.25. The lowest BCUT2D eigenvalue weighted by Gasteiger charge is -2.37. The zero-order valence-electron chi connectivity index (χ0n) is 18.5.